The fourth-order valence-corrected chi connectivity index (χ4v) is 6.99. The third kappa shape index (κ3) is 3.92. The van der Waals surface area contributed by atoms with E-state index in [1.54, 1.807) is 12.4 Å². The summed E-state index contributed by atoms with van der Waals surface area (Å²) < 4.78 is 9.57. The molecule has 1 aliphatic rings. The van der Waals surface area contributed by atoms with Crippen LogP contribution in [0.3, 0.4) is 0 Å². The molecule has 6 heterocycles. The van der Waals surface area contributed by atoms with Gasteiger partial charge in [0.2, 0.25) is 0 Å². The number of aromatic nitrogens is 9. The second-order valence-electron chi connectivity index (χ2n) is 12.4. The zero-order valence-electron chi connectivity index (χ0n) is 26.0. The molecule has 0 unspecified atom stereocenters. The Morgan fingerprint density at radius 3 is 1.83 bits per heavy atom. The first-order valence-electron chi connectivity index (χ1n) is 15.5. The Balaban J connectivity index is 1.30. The highest BCUT2D eigenvalue weighted by Crippen LogP contribution is 2.41. The van der Waals surface area contributed by atoms with Gasteiger partial charge in [-0.25, -0.2) is 0 Å². The summed E-state index contributed by atoms with van der Waals surface area (Å²) in [6.07, 6.45) is 10.0. The van der Waals surface area contributed by atoms with Gasteiger partial charge in [-0.2, -0.15) is 20.4 Å². The molecule has 0 bridgehead atoms. The minimum Gasteiger partial charge on any atom is -0.322 e. The van der Waals surface area contributed by atoms with Crippen molar-refractivity contribution in [2.24, 2.45) is 28.2 Å². The monoisotopic (exact) mass is 605 g/mol. The van der Waals surface area contributed by atoms with Crippen LogP contribution in [0.1, 0.15) is 24.3 Å². The lowest BCUT2D eigenvalue weighted by atomic mass is 9.95. The zero-order valence-corrected chi connectivity index (χ0v) is 26.0. The number of rotatable bonds is 5. The third-order valence-electron chi connectivity index (χ3n) is 9.45. The van der Waals surface area contributed by atoms with E-state index in [0.29, 0.717) is 17.0 Å². The van der Waals surface area contributed by atoms with E-state index in [1.165, 1.54) is 18.4 Å². The smallest absolute Gasteiger partial charge is 0.197 e. The van der Waals surface area contributed by atoms with E-state index in [2.05, 4.69) is 45.1 Å². The molecule has 46 heavy (non-hydrogen) atoms. The molecule has 1 saturated carbocycles. The van der Waals surface area contributed by atoms with Crippen LogP contribution in [0.25, 0.3) is 72.4 Å². The van der Waals surface area contributed by atoms with E-state index in [1.807, 2.05) is 89.5 Å². The summed E-state index contributed by atoms with van der Waals surface area (Å²) in [5.74, 6) is 0.559. The SMILES string of the molecule is Cn1nccc1-c1c2cc(-c3cn4ccc(C5CC5)cc4c(-c4ccc5nn(C)c(-c6ccnn6C)c5c4)c3=O)ccc2nn1C. The summed E-state index contributed by atoms with van der Waals surface area (Å²) in [7, 11) is 7.74. The molecule has 1 aliphatic carbocycles. The minimum absolute atomic E-state index is 0.0106. The van der Waals surface area contributed by atoms with Crippen molar-refractivity contribution in [3.05, 3.63) is 101 Å². The summed E-state index contributed by atoms with van der Waals surface area (Å²) in [6.45, 7) is 0. The first kappa shape index (κ1) is 26.6. The number of nitrogens with zero attached hydrogens (tertiary/aromatic N) is 9. The number of hydrogen-bond acceptors (Lipinski definition) is 5. The van der Waals surface area contributed by atoms with Gasteiger partial charge >= 0.3 is 0 Å². The van der Waals surface area contributed by atoms with E-state index in [4.69, 9.17) is 10.2 Å². The summed E-state index contributed by atoms with van der Waals surface area (Å²) >= 11 is 0. The van der Waals surface area contributed by atoms with E-state index in [9.17, 15) is 4.79 Å². The largest absolute Gasteiger partial charge is 0.322 e. The van der Waals surface area contributed by atoms with Gasteiger partial charge in [-0.1, -0.05) is 12.1 Å². The summed E-state index contributed by atoms with van der Waals surface area (Å²) in [4.78, 5) is 14.8. The van der Waals surface area contributed by atoms with Gasteiger partial charge < -0.3 is 4.40 Å². The average molecular weight is 606 g/mol. The highest BCUT2D eigenvalue weighted by molar-refractivity contribution is 5.99. The van der Waals surface area contributed by atoms with Crippen LogP contribution in [-0.4, -0.2) is 43.5 Å². The third-order valence-corrected chi connectivity index (χ3v) is 9.45. The topological polar surface area (TPSA) is 92.8 Å². The molecule has 0 atom stereocenters. The normalized spacial score (nSPS) is 13.5. The van der Waals surface area contributed by atoms with Crippen molar-refractivity contribution in [2.75, 3.05) is 0 Å². The van der Waals surface area contributed by atoms with Crippen LogP contribution in [0, 0.1) is 0 Å². The second-order valence-corrected chi connectivity index (χ2v) is 12.4. The van der Waals surface area contributed by atoms with Gasteiger partial charge in [0, 0.05) is 69.3 Å². The highest BCUT2D eigenvalue weighted by Gasteiger charge is 2.25. The molecule has 0 spiro atoms. The van der Waals surface area contributed by atoms with Crippen molar-refractivity contribution in [1.82, 2.24) is 43.5 Å². The molecule has 1 fully saturated rings. The van der Waals surface area contributed by atoms with Crippen molar-refractivity contribution in [3.8, 4) is 45.0 Å². The Labute approximate surface area is 263 Å². The van der Waals surface area contributed by atoms with Gasteiger partial charge in [0.15, 0.2) is 5.43 Å². The number of aryl methyl sites for hydroxylation is 4. The van der Waals surface area contributed by atoms with Crippen molar-refractivity contribution in [1.29, 1.82) is 0 Å². The van der Waals surface area contributed by atoms with Crippen LogP contribution < -0.4 is 5.43 Å². The standard InChI is InChI=1S/C36H31N9O/c1-41-30(11-14-37-41)34-25-17-23(7-9-28(25)39-43(34)3)27-20-45-16-13-22(21-5-6-21)19-32(45)33(36(27)46)24-8-10-29-26(18-24)35(44(4)40-29)31-12-15-38-42(31)2/h7-21H,5-6H2,1-4H3. The van der Waals surface area contributed by atoms with Gasteiger partial charge in [-0.15, -0.1) is 0 Å². The zero-order chi connectivity index (χ0) is 31.3. The molecule has 8 aromatic rings. The molecule has 10 heteroatoms. The number of pyridine rings is 2. The Bertz CT molecular complexity index is 2570. The molecule has 0 N–H and O–H groups in total. The van der Waals surface area contributed by atoms with E-state index >= 15 is 0 Å². The Hall–Kier alpha value is -5.77. The molecule has 6 aromatic heterocycles. The first-order chi connectivity index (χ1) is 22.4. The summed E-state index contributed by atoms with van der Waals surface area (Å²) in [5.41, 5.74) is 10.8. The van der Waals surface area contributed by atoms with Gasteiger partial charge in [0.1, 0.15) is 0 Å². The molecular weight excluding hydrogens is 574 g/mol. The highest BCUT2D eigenvalue weighted by atomic mass is 16.1. The van der Waals surface area contributed by atoms with Gasteiger partial charge in [-0.05, 0) is 84.0 Å². The molecule has 2 aromatic carbocycles. The molecule has 0 saturated heterocycles. The maximum atomic E-state index is 14.8. The Morgan fingerprint density at radius 1 is 0.674 bits per heavy atom. The number of hydrogen-bond donors (Lipinski definition) is 0. The predicted molar refractivity (Wildman–Crippen MR) is 179 cm³/mol. The van der Waals surface area contributed by atoms with Crippen LogP contribution in [0.15, 0.2) is 90.2 Å². The summed E-state index contributed by atoms with van der Waals surface area (Å²) in [5, 5.41) is 20.3. The first-order valence-corrected chi connectivity index (χ1v) is 15.5. The van der Waals surface area contributed by atoms with Crippen molar-refractivity contribution >= 4 is 27.3 Å². The number of fused-ring (bicyclic) bond motifs is 3. The molecule has 9 rings (SSSR count). The van der Waals surface area contributed by atoms with Crippen LogP contribution >= 0.6 is 0 Å². The maximum Gasteiger partial charge on any atom is 0.197 e. The van der Waals surface area contributed by atoms with Crippen molar-refractivity contribution < 1.29 is 0 Å². The van der Waals surface area contributed by atoms with Crippen molar-refractivity contribution in [3.63, 3.8) is 0 Å². The average Bonchev–Trinajstić information content (AvgIpc) is 3.38. The van der Waals surface area contributed by atoms with E-state index in [0.717, 1.165) is 61.2 Å². The lowest BCUT2D eigenvalue weighted by Crippen LogP contribution is -2.12. The molecular formula is C36H31N9O. The van der Waals surface area contributed by atoms with Crippen LogP contribution in [0.4, 0.5) is 0 Å². The summed E-state index contributed by atoms with van der Waals surface area (Å²) in [6, 6.07) is 20.6. The lowest BCUT2D eigenvalue weighted by molar-refractivity contribution is 0.743. The van der Waals surface area contributed by atoms with Gasteiger partial charge in [-0.3, -0.25) is 23.5 Å². The fourth-order valence-electron chi connectivity index (χ4n) is 6.99. The van der Waals surface area contributed by atoms with Crippen molar-refractivity contribution in [2.45, 2.75) is 18.8 Å². The second kappa shape index (κ2) is 9.61. The van der Waals surface area contributed by atoms with E-state index < -0.39 is 0 Å². The van der Waals surface area contributed by atoms with Crippen LogP contribution in [-0.2, 0) is 28.2 Å². The minimum atomic E-state index is -0.0106. The van der Waals surface area contributed by atoms with E-state index in [-0.39, 0.29) is 5.43 Å². The van der Waals surface area contributed by atoms with Gasteiger partial charge in [0.25, 0.3) is 0 Å². The Morgan fingerprint density at radius 2 is 1.26 bits per heavy atom. The fraction of sp³-hybridized carbons (Fsp3) is 0.194. The quantitative estimate of drug-likeness (QED) is 0.237. The van der Waals surface area contributed by atoms with Crippen LogP contribution in [0.2, 0.25) is 0 Å². The molecule has 226 valence electrons. The van der Waals surface area contributed by atoms with Gasteiger partial charge in [0.05, 0.1) is 44.9 Å². The molecule has 10 nitrogen and oxygen atoms in total. The molecule has 0 radical (unpaired) electrons. The van der Waals surface area contributed by atoms with Crippen LogP contribution in [0.5, 0.6) is 0 Å². The maximum absolute atomic E-state index is 14.8. The molecule has 0 aliphatic heterocycles. The molecule has 0 amide bonds. The Kier molecular flexibility index (Phi) is 5.56. The lowest BCUT2D eigenvalue weighted by Gasteiger charge is -2.14. The number of benzene rings is 2. The predicted octanol–water partition coefficient (Wildman–Crippen LogP) is 6.09.